The summed E-state index contributed by atoms with van der Waals surface area (Å²) in [6.45, 7) is 7.00. The highest BCUT2D eigenvalue weighted by atomic mass is 16.5. The van der Waals surface area contributed by atoms with Crippen molar-refractivity contribution in [1.82, 2.24) is 5.32 Å². The molecule has 61 valence electrons. The van der Waals surface area contributed by atoms with Crippen molar-refractivity contribution in [3.05, 3.63) is 6.92 Å². The summed E-state index contributed by atoms with van der Waals surface area (Å²) in [5, 5.41) is 2.98. The van der Waals surface area contributed by atoms with Crippen LogP contribution in [0.1, 0.15) is 0 Å². The Kier molecular flexibility index (Phi) is 8.77. The second kappa shape index (κ2) is 8.88. The largest absolute Gasteiger partial charge is 0.379 e. The Morgan fingerprint density at radius 1 is 1.20 bits per heavy atom. The van der Waals surface area contributed by atoms with Crippen LogP contribution in [0.5, 0.6) is 0 Å². The lowest BCUT2D eigenvalue weighted by molar-refractivity contribution is 0.0596. The van der Waals surface area contributed by atoms with Crippen LogP contribution >= 0.6 is 0 Å². The lowest BCUT2D eigenvalue weighted by Gasteiger charge is -2.02. The van der Waals surface area contributed by atoms with Gasteiger partial charge in [0, 0.05) is 13.2 Å². The maximum atomic E-state index is 5.16. The van der Waals surface area contributed by atoms with Crippen LogP contribution in [0.2, 0.25) is 0 Å². The molecule has 3 heteroatoms. The first-order valence-electron chi connectivity index (χ1n) is 3.51. The molecule has 0 aliphatic carbocycles. The number of ether oxygens (including phenoxy) is 2. The normalized spacial score (nSPS) is 10.2. The fraction of sp³-hybridized carbons (Fsp3) is 0.857. The average Bonchev–Trinajstić information content (AvgIpc) is 1.97. The monoisotopic (exact) mass is 146 g/mol. The van der Waals surface area contributed by atoms with Crippen molar-refractivity contribution in [3.63, 3.8) is 0 Å². The van der Waals surface area contributed by atoms with Crippen LogP contribution in [-0.2, 0) is 9.47 Å². The van der Waals surface area contributed by atoms with Crippen LogP contribution in [0.3, 0.4) is 0 Å². The van der Waals surface area contributed by atoms with Gasteiger partial charge in [0.15, 0.2) is 0 Å². The van der Waals surface area contributed by atoms with Gasteiger partial charge in [-0.25, -0.2) is 0 Å². The Balaban J connectivity index is 2.65. The molecule has 0 fully saturated rings. The van der Waals surface area contributed by atoms with Gasteiger partial charge < -0.3 is 14.8 Å². The predicted octanol–water partition coefficient (Wildman–Crippen LogP) is 0.0731. The van der Waals surface area contributed by atoms with Gasteiger partial charge in [-0.2, -0.15) is 0 Å². The predicted molar refractivity (Wildman–Crippen MR) is 40.9 cm³/mol. The number of nitrogens with one attached hydrogen (secondary N) is 1. The van der Waals surface area contributed by atoms with Crippen molar-refractivity contribution in [2.75, 3.05) is 40.0 Å². The molecule has 0 amide bonds. The van der Waals surface area contributed by atoms with Crippen LogP contribution in [0, 0.1) is 6.92 Å². The van der Waals surface area contributed by atoms with E-state index < -0.39 is 0 Å². The molecule has 0 bridgehead atoms. The molecular weight excluding hydrogens is 130 g/mol. The molecule has 0 aliphatic heterocycles. The third kappa shape index (κ3) is 7.88. The zero-order valence-corrected chi connectivity index (χ0v) is 6.56. The summed E-state index contributed by atoms with van der Waals surface area (Å²) >= 11 is 0. The van der Waals surface area contributed by atoms with E-state index in [2.05, 4.69) is 12.2 Å². The van der Waals surface area contributed by atoms with Gasteiger partial charge in [-0.15, -0.1) is 0 Å². The molecule has 0 saturated heterocycles. The molecule has 3 nitrogen and oxygen atoms in total. The van der Waals surface area contributed by atoms with E-state index >= 15 is 0 Å². The van der Waals surface area contributed by atoms with Crippen LogP contribution in [0.25, 0.3) is 0 Å². The molecule has 0 rings (SSSR count). The fourth-order valence-electron chi connectivity index (χ4n) is 0.496. The van der Waals surface area contributed by atoms with Crippen LogP contribution in [0.4, 0.5) is 0 Å². The molecule has 0 aromatic heterocycles. The lowest BCUT2D eigenvalue weighted by Crippen LogP contribution is -2.16. The summed E-state index contributed by atoms with van der Waals surface area (Å²) in [5.41, 5.74) is 0. The van der Waals surface area contributed by atoms with Gasteiger partial charge in [0.1, 0.15) is 0 Å². The van der Waals surface area contributed by atoms with Crippen LogP contribution in [-0.4, -0.2) is 40.0 Å². The van der Waals surface area contributed by atoms with E-state index in [1.807, 2.05) is 7.05 Å². The van der Waals surface area contributed by atoms with Gasteiger partial charge in [-0.1, -0.05) is 0 Å². The van der Waals surface area contributed by atoms with Crippen molar-refractivity contribution >= 4 is 0 Å². The third-order valence-corrected chi connectivity index (χ3v) is 1.01. The minimum Gasteiger partial charge on any atom is -0.379 e. The molecule has 0 saturated carbocycles. The Hall–Kier alpha value is -0.120. The molecule has 0 unspecified atom stereocenters. The maximum absolute atomic E-state index is 5.16. The van der Waals surface area contributed by atoms with E-state index in [9.17, 15) is 0 Å². The summed E-state index contributed by atoms with van der Waals surface area (Å²) in [6, 6.07) is 0. The molecule has 10 heavy (non-hydrogen) atoms. The number of rotatable bonds is 7. The first-order chi connectivity index (χ1) is 4.91. The number of hydrogen-bond acceptors (Lipinski definition) is 3. The summed E-state index contributed by atoms with van der Waals surface area (Å²) in [5.74, 6) is 0. The van der Waals surface area contributed by atoms with Crippen LogP contribution < -0.4 is 5.32 Å². The Morgan fingerprint density at radius 2 is 1.90 bits per heavy atom. The van der Waals surface area contributed by atoms with Gasteiger partial charge in [0.05, 0.1) is 19.8 Å². The summed E-state index contributed by atoms with van der Waals surface area (Å²) in [4.78, 5) is 0. The SMILES string of the molecule is [CH2]COCCOCCNC. The Labute approximate surface area is 62.7 Å². The van der Waals surface area contributed by atoms with E-state index in [0.29, 0.717) is 19.8 Å². The number of hydrogen-bond donors (Lipinski definition) is 1. The smallest absolute Gasteiger partial charge is 0.0701 e. The second-order valence-electron chi connectivity index (χ2n) is 1.83. The first kappa shape index (κ1) is 9.88. The molecule has 0 atom stereocenters. The van der Waals surface area contributed by atoms with Crippen molar-refractivity contribution in [3.8, 4) is 0 Å². The molecule has 0 aliphatic rings. The van der Waals surface area contributed by atoms with Crippen molar-refractivity contribution < 1.29 is 9.47 Å². The van der Waals surface area contributed by atoms with Crippen molar-refractivity contribution in [1.29, 1.82) is 0 Å². The van der Waals surface area contributed by atoms with Gasteiger partial charge in [-0.05, 0) is 14.0 Å². The molecular formula is C7H16NO2. The van der Waals surface area contributed by atoms with E-state index in [0.717, 1.165) is 13.2 Å². The van der Waals surface area contributed by atoms with Gasteiger partial charge in [-0.3, -0.25) is 0 Å². The van der Waals surface area contributed by atoms with Crippen LogP contribution in [0.15, 0.2) is 0 Å². The van der Waals surface area contributed by atoms with E-state index in [-0.39, 0.29) is 0 Å². The van der Waals surface area contributed by atoms with Gasteiger partial charge in [0.25, 0.3) is 0 Å². The molecule has 0 spiro atoms. The molecule has 1 N–H and O–H groups in total. The van der Waals surface area contributed by atoms with Crippen molar-refractivity contribution in [2.24, 2.45) is 0 Å². The number of likely N-dealkylation sites (N-methyl/N-ethyl adjacent to an activating group) is 1. The Bertz CT molecular complexity index is 51.6. The zero-order chi connectivity index (χ0) is 7.66. The summed E-state index contributed by atoms with van der Waals surface area (Å²) in [6.07, 6.45) is 0. The molecule has 0 heterocycles. The van der Waals surface area contributed by atoms with Crippen molar-refractivity contribution in [2.45, 2.75) is 0 Å². The highest BCUT2D eigenvalue weighted by Gasteiger charge is 1.85. The zero-order valence-electron chi connectivity index (χ0n) is 6.56. The standard InChI is InChI=1S/C7H16NO2/c1-3-9-6-7-10-5-4-8-2/h8H,1,3-7H2,2H3. The maximum Gasteiger partial charge on any atom is 0.0701 e. The minimum atomic E-state index is 0.523. The van der Waals surface area contributed by atoms with Gasteiger partial charge >= 0.3 is 0 Å². The average molecular weight is 146 g/mol. The van der Waals surface area contributed by atoms with Gasteiger partial charge in [0.2, 0.25) is 0 Å². The minimum absolute atomic E-state index is 0.523. The molecule has 0 aromatic rings. The molecule has 0 aromatic carbocycles. The first-order valence-corrected chi connectivity index (χ1v) is 3.51. The summed E-state index contributed by atoms with van der Waals surface area (Å²) in [7, 11) is 1.90. The highest BCUT2D eigenvalue weighted by Crippen LogP contribution is 1.75. The Morgan fingerprint density at radius 3 is 2.50 bits per heavy atom. The summed E-state index contributed by atoms with van der Waals surface area (Å²) < 4.78 is 10.1. The van der Waals surface area contributed by atoms with E-state index in [1.54, 1.807) is 0 Å². The highest BCUT2D eigenvalue weighted by molar-refractivity contribution is 4.36. The third-order valence-electron chi connectivity index (χ3n) is 1.01. The lowest BCUT2D eigenvalue weighted by atomic mass is 10.7. The topological polar surface area (TPSA) is 30.5 Å². The quantitative estimate of drug-likeness (QED) is 0.516. The second-order valence-corrected chi connectivity index (χ2v) is 1.83. The molecule has 1 radical (unpaired) electrons. The fourth-order valence-corrected chi connectivity index (χ4v) is 0.496. The van der Waals surface area contributed by atoms with E-state index in [4.69, 9.17) is 9.47 Å². The van der Waals surface area contributed by atoms with E-state index in [1.165, 1.54) is 0 Å².